The van der Waals surface area contributed by atoms with E-state index in [0.29, 0.717) is 37.3 Å². The van der Waals surface area contributed by atoms with Crippen LogP contribution in [0, 0.1) is 0 Å². The van der Waals surface area contributed by atoms with Crippen molar-refractivity contribution in [1.82, 2.24) is 9.21 Å². The highest BCUT2D eigenvalue weighted by atomic mass is 35.5. The van der Waals surface area contributed by atoms with Gasteiger partial charge in [-0.1, -0.05) is 31.4 Å². The van der Waals surface area contributed by atoms with E-state index in [-0.39, 0.29) is 23.5 Å². The minimum absolute atomic E-state index is 0.116. The summed E-state index contributed by atoms with van der Waals surface area (Å²) in [7, 11) is -3.78. The summed E-state index contributed by atoms with van der Waals surface area (Å²) >= 11 is 5.98. The predicted octanol–water partition coefficient (Wildman–Crippen LogP) is 3.79. The van der Waals surface area contributed by atoms with Gasteiger partial charge in [-0.2, -0.15) is 4.31 Å². The van der Waals surface area contributed by atoms with E-state index < -0.39 is 27.8 Å². The van der Waals surface area contributed by atoms with Gasteiger partial charge in [0.25, 0.3) is 0 Å². The van der Waals surface area contributed by atoms with Crippen molar-refractivity contribution in [3.63, 3.8) is 0 Å². The van der Waals surface area contributed by atoms with Gasteiger partial charge in [0.1, 0.15) is 5.60 Å². The zero-order valence-corrected chi connectivity index (χ0v) is 19.4. The van der Waals surface area contributed by atoms with Crippen molar-refractivity contribution in [3.05, 3.63) is 29.3 Å². The Morgan fingerprint density at radius 3 is 2.52 bits per heavy atom. The van der Waals surface area contributed by atoms with E-state index in [1.807, 2.05) is 0 Å². The summed E-state index contributed by atoms with van der Waals surface area (Å²) in [5.41, 5.74) is -0.781. The number of carbonyl (C=O) groups is 1. The summed E-state index contributed by atoms with van der Waals surface area (Å²) in [6, 6.07) is 5.78. The van der Waals surface area contributed by atoms with Crippen molar-refractivity contribution in [1.29, 1.82) is 0 Å². The molecular weight excluding hydrogens is 440 g/mol. The van der Waals surface area contributed by atoms with Gasteiger partial charge in [-0.05, 0) is 62.8 Å². The van der Waals surface area contributed by atoms with Crippen molar-refractivity contribution in [2.75, 3.05) is 13.1 Å². The third-order valence-corrected chi connectivity index (χ3v) is 8.98. The Morgan fingerprint density at radius 2 is 1.94 bits per heavy atom. The first-order chi connectivity index (χ1) is 14.8. The maximum atomic E-state index is 13.8. The van der Waals surface area contributed by atoms with E-state index in [2.05, 4.69) is 6.92 Å². The van der Waals surface area contributed by atoms with Gasteiger partial charge < -0.3 is 14.7 Å². The van der Waals surface area contributed by atoms with E-state index in [9.17, 15) is 18.3 Å². The van der Waals surface area contributed by atoms with Crippen LogP contribution in [0.15, 0.2) is 29.2 Å². The topological polar surface area (TPSA) is 87.2 Å². The van der Waals surface area contributed by atoms with Gasteiger partial charge in [0.15, 0.2) is 0 Å². The fourth-order valence-corrected chi connectivity index (χ4v) is 7.11. The van der Waals surface area contributed by atoms with Crippen molar-refractivity contribution in [3.8, 4) is 0 Å². The van der Waals surface area contributed by atoms with E-state index >= 15 is 0 Å². The Hall–Kier alpha value is -1.35. The Morgan fingerprint density at radius 1 is 1.23 bits per heavy atom. The van der Waals surface area contributed by atoms with Gasteiger partial charge in [0.05, 0.1) is 17.0 Å². The van der Waals surface area contributed by atoms with Crippen LogP contribution in [0.5, 0.6) is 0 Å². The molecule has 0 radical (unpaired) electrons. The van der Waals surface area contributed by atoms with Gasteiger partial charge in [-0.15, -0.1) is 0 Å². The maximum Gasteiger partial charge on any atom is 0.410 e. The smallest absolute Gasteiger partial charge is 0.410 e. The van der Waals surface area contributed by atoms with Gasteiger partial charge in [-0.25, -0.2) is 13.2 Å². The highest BCUT2D eigenvalue weighted by molar-refractivity contribution is 7.89. The quantitative estimate of drug-likeness (QED) is 0.683. The van der Waals surface area contributed by atoms with Crippen molar-refractivity contribution >= 4 is 27.7 Å². The molecule has 1 aromatic carbocycles. The number of rotatable bonds is 6. The molecule has 0 spiro atoms. The van der Waals surface area contributed by atoms with Crippen LogP contribution in [0.1, 0.15) is 58.3 Å². The third kappa shape index (κ3) is 4.58. The molecule has 2 aliphatic heterocycles. The highest BCUT2D eigenvalue weighted by Crippen LogP contribution is 2.50. The fourth-order valence-electron chi connectivity index (χ4n) is 5.02. The molecule has 1 saturated carbocycles. The number of carbonyl (C=O) groups excluding carboxylic acids is 1. The number of sulfonamides is 1. The lowest BCUT2D eigenvalue weighted by Crippen LogP contribution is -2.57. The molecular formula is C22H31ClN2O5S. The zero-order valence-electron chi connectivity index (χ0n) is 17.9. The van der Waals surface area contributed by atoms with Crippen LogP contribution >= 0.6 is 11.6 Å². The number of aliphatic hydroxyl groups is 1. The molecule has 0 unspecified atom stereocenters. The number of amides is 1. The number of hydrogen-bond acceptors (Lipinski definition) is 5. The van der Waals surface area contributed by atoms with Crippen LogP contribution in [0.25, 0.3) is 0 Å². The zero-order chi connectivity index (χ0) is 22.2. The minimum Gasteiger partial charge on any atom is -0.441 e. The molecule has 2 saturated heterocycles. The molecule has 1 N–H and O–H groups in total. The lowest BCUT2D eigenvalue weighted by Gasteiger charge is -2.44. The molecule has 7 nitrogen and oxygen atoms in total. The van der Waals surface area contributed by atoms with E-state index in [1.165, 1.54) is 4.90 Å². The first-order valence-electron chi connectivity index (χ1n) is 11.2. The number of halogens is 1. The van der Waals surface area contributed by atoms with Gasteiger partial charge in [-0.3, -0.25) is 0 Å². The highest BCUT2D eigenvalue weighted by Gasteiger charge is 2.59. The Balaban J connectivity index is 1.63. The van der Waals surface area contributed by atoms with Crippen LogP contribution < -0.4 is 0 Å². The first kappa shape index (κ1) is 22.8. The summed E-state index contributed by atoms with van der Waals surface area (Å²) in [6.45, 7) is 2.79. The van der Waals surface area contributed by atoms with E-state index in [0.717, 1.165) is 25.7 Å². The van der Waals surface area contributed by atoms with Gasteiger partial charge in [0.2, 0.25) is 10.0 Å². The first-order valence-corrected chi connectivity index (χ1v) is 13.0. The minimum atomic E-state index is -3.78. The molecule has 3 atom stereocenters. The van der Waals surface area contributed by atoms with Gasteiger partial charge in [0, 0.05) is 24.2 Å². The molecule has 2 heterocycles. The number of β-amino-alcohol motifs (C(OH)–C–C–N with tert-alkyl or cyclic N) is 1. The summed E-state index contributed by atoms with van der Waals surface area (Å²) in [6.07, 6.45) is 4.92. The Kier molecular flexibility index (Phi) is 6.54. The summed E-state index contributed by atoms with van der Waals surface area (Å²) in [5, 5.41) is 10.2. The Labute approximate surface area is 189 Å². The molecule has 4 rings (SSSR count). The lowest BCUT2D eigenvalue weighted by molar-refractivity contribution is -0.00785. The van der Waals surface area contributed by atoms with E-state index in [1.54, 1.807) is 28.6 Å². The number of aliphatic hydroxyl groups excluding tert-OH is 1. The average molecular weight is 471 g/mol. The van der Waals surface area contributed by atoms with Gasteiger partial charge >= 0.3 is 6.09 Å². The molecule has 3 fully saturated rings. The standard InChI is InChI=1S/C22H31ClN2O5S/c1-2-4-17-5-3-6-20(25(17)31(28,29)19-9-7-16(23)8-10-19)22(12-13-22)30-21(27)24-14-11-18(26)15-24/h7-10,17-18,20,26H,2-6,11-15H2,1H3/t17-,18-,20-/m1/s1. The molecule has 9 heteroatoms. The van der Waals surface area contributed by atoms with Crippen molar-refractivity contribution < 1.29 is 23.1 Å². The van der Waals surface area contributed by atoms with Crippen LogP contribution in [0.3, 0.4) is 0 Å². The number of nitrogens with zero attached hydrogens (tertiary/aromatic N) is 2. The number of benzene rings is 1. The van der Waals surface area contributed by atoms with Crippen LogP contribution in [-0.2, 0) is 14.8 Å². The molecule has 31 heavy (non-hydrogen) atoms. The third-order valence-electron chi connectivity index (χ3n) is 6.76. The average Bonchev–Trinajstić information content (AvgIpc) is 3.38. The van der Waals surface area contributed by atoms with Crippen LogP contribution in [0.2, 0.25) is 5.02 Å². The van der Waals surface area contributed by atoms with Crippen LogP contribution in [0.4, 0.5) is 4.79 Å². The number of piperidine rings is 1. The maximum absolute atomic E-state index is 13.8. The summed E-state index contributed by atoms with van der Waals surface area (Å²) in [5.74, 6) is 0. The second-order valence-corrected chi connectivity index (χ2v) is 11.3. The molecule has 3 aliphatic rings. The summed E-state index contributed by atoms with van der Waals surface area (Å²) < 4.78 is 35.1. The molecule has 1 amide bonds. The fraction of sp³-hybridized carbons (Fsp3) is 0.682. The largest absolute Gasteiger partial charge is 0.441 e. The Bertz CT molecular complexity index is 901. The molecule has 1 aromatic rings. The predicted molar refractivity (Wildman–Crippen MR) is 117 cm³/mol. The summed E-state index contributed by atoms with van der Waals surface area (Å²) in [4.78, 5) is 14.5. The number of likely N-dealkylation sites (tertiary alicyclic amines) is 1. The normalized spacial score (nSPS) is 28.5. The SMILES string of the molecule is CCC[C@@H]1CCC[C@H](C2(OC(=O)N3CC[C@@H](O)C3)CC2)N1S(=O)(=O)c1ccc(Cl)cc1. The lowest BCUT2D eigenvalue weighted by atomic mass is 9.91. The number of ether oxygens (including phenoxy) is 1. The molecule has 0 aromatic heterocycles. The number of hydrogen-bond donors (Lipinski definition) is 1. The van der Waals surface area contributed by atoms with Crippen molar-refractivity contribution in [2.24, 2.45) is 0 Å². The van der Waals surface area contributed by atoms with Crippen LogP contribution in [-0.4, -0.2) is 65.7 Å². The second kappa shape index (κ2) is 8.89. The second-order valence-electron chi connectivity index (χ2n) is 9.00. The molecule has 172 valence electrons. The van der Waals surface area contributed by atoms with E-state index in [4.69, 9.17) is 16.3 Å². The molecule has 1 aliphatic carbocycles. The van der Waals surface area contributed by atoms with Crippen molar-refractivity contribution in [2.45, 2.75) is 87.0 Å². The monoisotopic (exact) mass is 470 g/mol. The molecule has 0 bridgehead atoms.